The van der Waals surface area contributed by atoms with Crippen molar-refractivity contribution in [2.45, 2.75) is 26.4 Å². The summed E-state index contributed by atoms with van der Waals surface area (Å²) in [6, 6.07) is 17.3. The number of allylic oxidation sites excluding steroid dienone is 2. The minimum Gasteiger partial charge on any atom is -0.490 e. The van der Waals surface area contributed by atoms with E-state index in [0.29, 0.717) is 56.2 Å². The number of hydrogen-bond acceptors (Lipinski definition) is 7. The van der Waals surface area contributed by atoms with Crippen LogP contribution in [0.5, 0.6) is 11.5 Å². The summed E-state index contributed by atoms with van der Waals surface area (Å²) in [5, 5.41) is 12.4. The Morgan fingerprint density at radius 2 is 1.68 bits per heavy atom. The van der Waals surface area contributed by atoms with Gasteiger partial charge in [0.2, 0.25) is 0 Å². The smallest absolute Gasteiger partial charge is 0.336 e. The second-order valence-corrected chi connectivity index (χ2v) is 10.2. The number of carbonyl (C=O) groups is 3. The van der Waals surface area contributed by atoms with Gasteiger partial charge in [0.05, 0.1) is 36.5 Å². The highest BCUT2D eigenvalue weighted by molar-refractivity contribution is 9.10. The zero-order valence-corrected chi connectivity index (χ0v) is 23.6. The lowest BCUT2D eigenvalue weighted by molar-refractivity contribution is -0.136. The first-order chi connectivity index (χ1) is 19.2. The van der Waals surface area contributed by atoms with Gasteiger partial charge in [-0.1, -0.05) is 52.3 Å². The van der Waals surface area contributed by atoms with Gasteiger partial charge in [-0.3, -0.25) is 4.79 Å². The molecule has 9 heteroatoms. The Balaban J connectivity index is 1.57. The molecule has 2 N–H and O–H groups in total. The van der Waals surface area contributed by atoms with Crippen LogP contribution in [0.3, 0.4) is 0 Å². The lowest BCUT2D eigenvalue weighted by atomic mass is 9.79. The molecule has 40 heavy (non-hydrogen) atoms. The van der Waals surface area contributed by atoms with Crippen molar-refractivity contribution in [1.29, 1.82) is 0 Å². The number of aromatic carboxylic acids is 1. The first-order valence-electron chi connectivity index (χ1n) is 12.6. The predicted octanol–water partition coefficient (Wildman–Crippen LogP) is 5.87. The van der Waals surface area contributed by atoms with Gasteiger partial charge < -0.3 is 24.6 Å². The normalized spacial score (nSPS) is 15.8. The molecule has 0 unspecified atom stereocenters. The van der Waals surface area contributed by atoms with Crippen LogP contribution < -0.4 is 14.8 Å². The van der Waals surface area contributed by atoms with E-state index < -0.39 is 17.9 Å². The Morgan fingerprint density at radius 1 is 1.00 bits per heavy atom. The maximum absolute atomic E-state index is 13.7. The molecule has 0 amide bonds. The number of halogens is 1. The third-order valence-corrected chi connectivity index (χ3v) is 7.61. The van der Waals surface area contributed by atoms with Gasteiger partial charge in [0.15, 0.2) is 17.3 Å². The van der Waals surface area contributed by atoms with Crippen LogP contribution in [0.4, 0.5) is 0 Å². The van der Waals surface area contributed by atoms with Crippen LogP contribution in [0.1, 0.15) is 57.2 Å². The average molecular weight is 604 g/mol. The predicted molar refractivity (Wildman–Crippen MR) is 151 cm³/mol. The zero-order chi connectivity index (χ0) is 28.6. The molecule has 3 aromatic carbocycles. The molecule has 0 fully saturated rings. The first-order valence-corrected chi connectivity index (χ1v) is 13.4. The number of benzene rings is 3. The van der Waals surface area contributed by atoms with Gasteiger partial charge in [-0.15, -0.1) is 0 Å². The van der Waals surface area contributed by atoms with Crippen molar-refractivity contribution in [3.63, 3.8) is 0 Å². The SMILES string of the molecule is CCOc1cc([C@H]2C(C(=O)OC)=C(C)NC3=C2C(=O)c2ccccc23)c(Br)cc1OCc1ccc(C(=O)O)cc1. The van der Waals surface area contributed by atoms with Crippen molar-refractivity contribution in [3.05, 3.63) is 110 Å². The third-order valence-electron chi connectivity index (χ3n) is 6.92. The standard InChI is InChI=1S/C31H26BrNO7/c1-4-39-23-13-21(22(32)14-24(23)40-15-17-9-11-18(12-10-17)30(35)36)26-25(31(37)38-3)16(2)33-28-19-7-5-6-8-20(19)29(34)27(26)28/h5-14,26,33H,4,15H2,1-3H3,(H,35,36)/t26-/m0/s1. The number of carbonyl (C=O) groups excluding carboxylic acids is 2. The maximum atomic E-state index is 13.7. The van der Waals surface area contributed by atoms with Crippen LogP contribution in [-0.4, -0.2) is 36.5 Å². The quantitative estimate of drug-likeness (QED) is 0.308. The summed E-state index contributed by atoms with van der Waals surface area (Å²) in [5.74, 6) is -1.54. The van der Waals surface area contributed by atoms with E-state index in [0.717, 1.165) is 11.1 Å². The highest BCUT2D eigenvalue weighted by Crippen LogP contribution is 2.50. The number of Topliss-reactive ketones (excluding diaryl/α,β-unsaturated/α-hetero) is 1. The fourth-order valence-corrected chi connectivity index (χ4v) is 5.63. The first kappa shape index (κ1) is 27.2. The molecule has 204 valence electrons. The van der Waals surface area contributed by atoms with E-state index in [1.165, 1.54) is 19.2 Å². The van der Waals surface area contributed by atoms with Gasteiger partial charge in [-0.25, -0.2) is 9.59 Å². The summed E-state index contributed by atoms with van der Waals surface area (Å²) in [7, 11) is 1.31. The Labute approximate surface area is 239 Å². The van der Waals surface area contributed by atoms with E-state index in [1.807, 2.05) is 25.1 Å². The number of methoxy groups -OCH3 is 1. The van der Waals surface area contributed by atoms with E-state index in [1.54, 1.807) is 37.3 Å². The van der Waals surface area contributed by atoms with Crippen molar-refractivity contribution in [2.75, 3.05) is 13.7 Å². The Kier molecular flexibility index (Phi) is 7.49. The van der Waals surface area contributed by atoms with Crippen molar-refractivity contribution in [3.8, 4) is 11.5 Å². The summed E-state index contributed by atoms with van der Waals surface area (Å²) in [4.78, 5) is 37.9. The largest absolute Gasteiger partial charge is 0.490 e. The number of hydrogen-bond donors (Lipinski definition) is 2. The fraction of sp³-hybridized carbons (Fsp3) is 0.194. The number of carboxylic acid groups (broad SMARTS) is 1. The van der Waals surface area contributed by atoms with Crippen LogP contribution in [0.2, 0.25) is 0 Å². The minimum absolute atomic E-state index is 0.160. The van der Waals surface area contributed by atoms with E-state index in [-0.39, 0.29) is 18.0 Å². The summed E-state index contributed by atoms with van der Waals surface area (Å²) < 4.78 is 17.8. The topological polar surface area (TPSA) is 111 Å². The molecular formula is C31H26BrNO7. The van der Waals surface area contributed by atoms with Crippen LogP contribution in [0.15, 0.2) is 82.0 Å². The molecule has 3 aromatic rings. The number of ether oxygens (including phenoxy) is 3. The Bertz CT molecular complexity index is 1600. The molecule has 2 aliphatic rings. The fourth-order valence-electron chi connectivity index (χ4n) is 5.08. The van der Waals surface area contributed by atoms with E-state index in [4.69, 9.17) is 19.3 Å². The van der Waals surface area contributed by atoms with Crippen molar-refractivity contribution in [1.82, 2.24) is 5.32 Å². The van der Waals surface area contributed by atoms with Crippen molar-refractivity contribution < 1.29 is 33.7 Å². The average Bonchev–Trinajstić information content (AvgIpc) is 3.23. The number of fused-ring (bicyclic) bond motifs is 2. The minimum atomic E-state index is -0.999. The molecule has 0 bridgehead atoms. The van der Waals surface area contributed by atoms with Gasteiger partial charge in [0, 0.05) is 26.9 Å². The number of carboxylic acids is 1. The summed E-state index contributed by atoms with van der Waals surface area (Å²) in [5.41, 5.74) is 5.03. The molecule has 0 spiro atoms. The van der Waals surface area contributed by atoms with Gasteiger partial charge in [-0.05, 0) is 49.2 Å². The number of dihydropyridines is 1. The molecule has 0 aromatic heterocycles. The van der Waals surface area contributed by atoms with Crippen molar-refractivity contribution >= 4 is 39.3 Å². The number of esters is 1. The molecule has 0 saturated heterocycles. The lowest BCUT2D eigenvalue weighted by Gasteiger charge is -2.30. The second kappa shape index (κ2) is 11.0. The highest BCUT2D eigenvalue weighted by Gasteiger charge is 2.43. The van der Waals surface area contributed by atoms with Crippen LogP contribution in [0, 0.1) is 0 Å². The molecule has 8 nitrogen and oxygen atoms in total. The van der Waals surface area contributed by atoms with Crippen LogP contribution in [0.25, 0.3) is 5.70 Å². The summed E-state index contributed by atoms with van der Waals surface area (Å²) in [6.45, 7) is 4.17. The van der Waals surface area contributed by atoms with Crippen LogP contribution in [-0.2, 0) is 16.1 Å². The van der Waals surface area contributed by atoms with E-state index in [2.05, 4.69) is 21.2 Å². The maximum Gasteiger partial charge on any atom is 0.336 e. The number of ketones is 1. The highest BCUT2D eigenvalue weighted by atomic mass is 79.9. The molecule has 1 aliphatic heterocycles. The number of rotatable bonds is 8. The molecule has 1 atom stereocenters. The van der Waals surface area contributed by atoms with E-state index >= 15 is 0 Å². The van der Waals surface area contributed by atoms with Crippen molar-refractivity contribution in [2.24, 2.45) is 0 Å². The van der Waals surface area contributed by atoms with Gasteiger partial charge in [0.1, 0.15) is 6.61 Å². The van der Waals surface area contributed by atoms with Gasteiger partial charge >= 0.3 is 11.9 Å². The molecular weight excluding hydrogens is 578 g/mol. The zero-order valence-electron chi connectivity index (χ0n) is 22.0. The van der Waals surface area contributed by atoms with Gasteiger partial charge in [0.25, 0.3) is 0 Å². The van der Waals surface area contributed by atoms with Gasteiger partial charge in [-0.2, -0.15) is 0 Å². The molecule has 1 aliphatic carbocycles. The molecule has 0 saturated carbocycles. The van der Waals surface area contributed by atoms with E-state index in [9.17, 15) is 14.4 Å². The van der Waals surface area contributed by atoms with Crippen LogP contribution >= 0.6 is 15.9 Å². The summed E-state index contributed by atoms with van der Waals surface area (Å²) in [6.07, 6.45) is 0. The lowest BCUT2D eigenvalue weighted by Crippen LogP contribution is -2.29. The Hall–Kier alpha value is -4.37. The monoisotopic (exact) mass is 603 g/mol. The number of nitrogens with one attached hydrogen (secondary N) is 1. The molecule has 5 rings (SSSR count). The molecule has 0 radical (unpaired) electrons. The third kappa shape index (κ3) is 4.77. The Morgan fingerprint density at radius 3 is 2.33 bits per heavy atom. The summed E-state index contributed by atoms with van der Waals surface area (Å²) >= 11 is 3.66. The second-order valence-electron chi connectivity index (χ2n) is 9.30. The molecule has 1 heterocycles.